The minimum absolute atomic E-state index is 0.0619. The Balaban J connectivity index is 1.55. The number of nitrogens with zero attached hydrogens (tertiary/aromatic N) is 6. The van der Waals surface area contributed by atoms with E-state index in [0.717, 1.165) is 22.0 Å². The van der Waals surface area contributed by atoms with Crippen molar-refractivity contribution in [3.05, 3.63) is 59.8 Å². The van der Waals surface area contributed by atoms with Crippen molar-refractivity contribution in [1.82, 2.24) is 29.5 Å². The van der Waals surface area contributed by atoms with Gasteiger partial charge in [-0.2, -0.15) is 9.61 Å². The molecule has 0 saturated carbocycles. The van der Waals surface area contributed by atoms with E-state index in [4.69, 9.17) is 9.72 Å². The molecule has 1 atom stereocenters. The lowest BCUT2D eigenvalue weighted by Gasteiger charge is -2.27. The number of hydrogen-bond donors (Lipinski definition) is 1. The first-order chi connectivity index (χ1) is 15.1. The number of anilines is 1. The number of benzene rings is 1. The number of hydrogen-bond acceptors (Lipinski definition) is 7. The van der Waals surface area contributed by atoms with Gasteiger partial charge in [0, 0.05) is 24.5 Å². The standard InChI is InChI=1S/C22H23N7O2/c1-14-4-3-5-16-12-17(15(2)26-22-24-13-23-18-6-7-25-29(18)22)27-20(19(14)16)21(30)28-8-10-31-11-9-28/h3-7,12-13,15H,8-11H2,1-2H3,(H,23,24,26)/t15-/m0/s1. The van der Waals surface area contributed by atoms with E-state index < -0.39 is 0 Å². The average molecular weight is 417 g/mol. The smallest absolute Gasteiger partial charge is 0.273 e. The molecule has 1 N–H and O–H groups in total. The zero-order chi connectivity index (χ0) is 21.4. The maximum atomic E-state index is 13.4. The van der Waals surface area contributed by atoms with Gasteiger partial charge in [0.05, 0.1) is 31.1 Å². The molecular formula is C22H23N7O2. The highest BCUT2D eigenvalue weighted by atomic mass is 16.5. The molecule has 31 heavy (non-hydrogen) atoms. The summed E-state index contributed by atoms with van der Waals surface area (Å²) in [5, 5.41) is 9.51. The minimum atomic E-state index is -0.205. The fourth-order valence-electron chi connectivity index (χ4n) is 3.92. The van der Waals surface area contributed by atoms with Gasteiger partial charge in [-0.1, -0.05) is 18.2 Å². The Bertz CT molecular complexity index is 1260. The summed E-state index contributed by atoms with van der Waals surface area (Å²) in [6.07, 6.45) is 3.17. The van der Waals surface area contributed by atoms with Crippen LogP contribution in [0.4, 0.5) is 5.95 Å². The van der Waals surface area contributed by atoms with E-state index in [0.29, 0.717) is 43.6 Å². The van der Waals surface area contributed by atoms with Gasteiger partial charge in [0.15, 0.2) is 5.65 Å². The second-order valence-electron chi connectivity index (χ2n) is 7.64. The molecule has 1 aliphatic heterocycles. The molecule has 5 rings (SSSR count). The van der Waals surface area contributed by atoms with E-state index in [1.807, 2.05) is 49.1 Å². The maximum absolute atomic E-state index is 13.4. The third-order valence-electron chi connectivity index (χ3n) is 5.57. The molecule has 0 spiro atoms. The zero-order valence-corrected chi connectivity index (χ0v) is 17.4. The van der Waals surface area contributed by atoms with Crippen LogP contribution in [0.1, 0.15) is 34.7 Å². The van der Waals surface area contributed by atoms with E-state index in [-0.39, 0.29) is 11.9 Å². The number of ether oxygens (including phenoxy) is 1. The summed E-state index contributed by atoms with van der Waals surface area (Å²) in [5.74, 6) is 0.503. The highest BCUT2D eigenvalue weighted by Crippen LogP contribution is 2.27. The van der Waals surface area contributed by atoms with Gasteiger partial charge in [0.2, 0.25) is 5.95 Å². The van der Waals surface area contributed by atoms with Crippen molar-refractivity contribution in [2.75, 3.05) is 31.6 Å². The fraction of sp³-hybridized carbons (Fsp3) is 0.318. The minimum Gasteiger partial charge on any atom is -0.378 e. The van der Waals surface area contributed by atoms with E-state index in [1.54, 1.807) is 10.7 Å². The molecule has 0 aliphatic carbocycles. The molecule has 158 valence electrons. The van der Waals surface area contributed by atoms with Crippen molar-refractivity contribution in [1.29, 1.82) is 0 Å². The molecule has 9 heteroatoms. The van der Waals surface area contributed by atoms with Gasteiger partial charge in [-0.05, 0) is 30.9 Å². The quantitative estimate of drug-likeness (QED) is 0.545. The van der Waals surface area contributed by atoms with Crippen molar-refractivity contribution < 1.29 is 9.53 Å². The van der Waals surface area contributed by atoms with Crippen LogP contribution in [0.2, 0.25) is 0 Å². The maximum Gasteiger partial charge on any atom is 0.273 e. The van der Waals surface area contributed by atoms with Crippen LogP contribution in [0.5, 0.6) is 0 Å². The molecular weight excluding hydrogens is 394 g/mol. The van der Waals surface area contributed by atoms with Crippen LogP contribution in [0, 0.1) is 6.92 Å². The fourth-order valence-corrected chi connectivity index (χ4v) is 3.92. The summed E-state index contributed by atoms with van der Waals surface area (Å²) >= 11 is 0. The number of carbonyl (C=O) groups excluding carboxylic acids is 1. The molecule has 1 saturated heterocycles. The number of nitrogens with one attached hydrogen (secondary N) is 1. The molecule has 9 nitrogen and oxygen atoms in total. The van der Waals surface area contributed by atoms with Gasteiger partial charge < -0.3 is 15.0 Å². The topological polar surface area (TPSA) is 97.5 Å². The molecule has 3 aromatic heterocycles. The van der Waals surface area contributed by atoms with Crippen LogP contribution in [0.25, 0.3) is 16.4 Å². The van der Waals surface area contributed by atoms with Crippen molar-refractivity contribution >= 4 is 28.3 Å². The Hall–Kier alpha value is -3.59. The number of rotatable bonds is 4. The average Bonchev–Trinajstić information content (AvgIpc) is 3.28. The Labute approximate surface area is 179 Å². The number of aromatic nitrogens is 5. The van der Waals surface area contributed by atoms with Crippen molar-refractivity contribution in [2.45, 2.75) is 19.9 Å². The van der Waals surface area contributed by atoms with Crippen LogP contribution in [-0.4, -0.2) is 61.7 Å². The molecule has 4 heterocycles. The number of morpholine rings is 1. The van der Waals surface area contributed by atoms with Crippen molar-refractivity contribution in [3.8, 4) is 0 Å². The Morgan fingerprint density at radius 2 is 2.03 bits per heavy atom. The van der Waals surface area contributed by atoms with E-state index in [1.165, 1.54) is 6.33 Å². The van der Waals surface area contributed by atoms with Gasteiger partial charge in [0.1, 0.15) is 12.0 Å². The Morgan fingerprint density at radius 1 is 1.19 bits per heavy atom. The summed E-state index contributed by atoms with van der Waals surface area (Å²) in [5.41, 5.74) is 2.97. The SMILES string of the molecule is Cc1cccc2cc([C@H](C)Nc3ncnc4ccnn34)nc(C(=O)N3CCOCC3)c12. The number of carbonyl (C=O) groups is 1. The highest BCUT2D eigenvalue weighted by molar-refractivity contribution is 6.06. The van der Waals surface area contributed by atoms with E-state index in [9.17, 15) is 4.79 Å². The third kappa shape index (κ3) is 3.57. The molecule has 1 amide bonds. The predicted molar refractivity (Wildman–Crippen MR) is 116 cm³/mol. The van der Waals surface area contributed by atoms with Crippen LogP contribution in [0.15, 0.2) is 42.9 Å². The van der Waals surface area contributed by atoms with Crippen molar-refractivity contribution in [2.24, 2.45) is 0 Å². The Morgan fingerprint density at radius 3 is 2.87 bits per heavy atom. The van der Waals surface area contributed by atoms with Gasteiger partial charge in [-0.15, -0.1) is 0 Å². The van der Waals surface area contributed by atoms with Crippen LogP contribution in [0.3, 0.4) is 0 Å². The van der Waals surface area contributed by atoms with Crippen molar-refractivity contribution in [3.63, 3.8) is 0 Å². The summed E-state index contributed by atoms with van der Waals surface area (Å²) in [6.45, 7) is 6.25. The first-order valence-corrected chi connectivity index (χ1v) is 10.3. The molecule has 1 fully saturated rings. The lowest BCUT2D eigenvalue weighted by molar-refractivity contribution is 0.0300. The van der Waals surface area contributed by atoms with Gasteiger partial charge in [-0.25, -0.2) is 15.0 Å². The Kier molecular flexibility index (Phi) is 4.95. The monoisotopic (exact) mass is 417 g/mol. The van der Waals surface area contributed by atoms with E-state index in [2.05, 4.69) is 20.4 Å². The number of fused-ring (bicyclic) bond motifs is 2. The molecule has 4 aromatic rings. The lowest BCUT2D eigenvalue weighted by Crippen LogP contribution is -2.41. The van der Waals surface area contributed by atoms with Gasteiger partial charge in [-0.3, -0.25) is 4.79 Å². The number of amides is 1. The number of aryl methyl sites for hydroxylation is 1. The lowest BCUT2D eigenvalue weighted by atomic mass is 10.0. The summed E-state index contributed by atoms with van der Waals surface area (Å²) in [7, 11) is 0. The molecule has 0 unspecified atom stereocenters. The second-order valence-corrected chi connectivity index (χ2v) is 7.64. The summed E-state index contributed by atoms with van der Waals surface area (Å²) < 4.78 is 7.05. The normalized spacial score (nSPS) is 15.4. The zero-order valence-electron chi connectivity index (χ0n) is 17.4. The van der Waals surface area contributed by atoms with Gasteiger partial charge in [0.25, 0.3) is 5.91 Å². The first-order valence-electron chi connectivity index (χ1n) is 10.3. The summed E-state index contributed by atoms with van der Waals surface area (Å²) in [6, 6.07) is 9.66. The van der Waals surface area contributed by atoms with Gasteiger partial charge >= 0.3 is 0 Å². The largest absolute Gasteiger partial charge is 0.378 e. The van der Waals surface area contributed by atoms with Crippen LogP contribution >= 0.6 is 0 Å². The molecule has 1 aromatic carbocycles. The van der Waals surface area contributed by atoms with Crippen LogP contribution in [-0.2, 0) is 4.74 Å². The van der Waals surface area contributed by atoms with Crippen LogP contribution < -0.4 is 5.32 Å². The third-order valence-corrected chi connectivity index (χ3v) is 5.57. The first kappa shape index (κ1) is 19.4. The highest BCUT2D eigenvalue weighted by Gasteiger charge is 2.24. The predicted octanol–water partition coefficient (Wildman–Crippen LogP) is 2.63. The molecule has 1 aliphatic rings. The second kappa shape index (κ2) is 7.92. The molecule has 0 radical (unpaired) electrons. The van der Waals surface area contributed by atoms with E-state index >= 15 is 0 Å². The molecule has 0 bridgehead atoms. The number of pyridine rings is 1. The summed E-state index contributed by atoms with van der Waals surface area (Å²) in [4.78, 5) is 28.6.